The molecule has 0 saturated carbocycles. The molecule has 2 aromatic heterocycles. The molecule has 134 valence electrons. The number of ether oxygens (including phenoxy) is 1. The molecule has 0 bridgehead atoms. The van der Waals surface area contributed by atoms with Gasteiger partial charge >= 0.3 is 0 Å². The molecule has 1 aliphatic rings. The number of nitrogens with one attached hydrogen (secondary N) is 1. The van der Waals surface area contributed by atoms with Crippen molar-refractivity contribution >= 4 is 23.3 Å². The lowest BCUT2D eigenvalue weighted by atomic mass is 10.1. The van der Waals surface area contributed by atoms with Crippen LogP contribution in [-0.4, -0.2) is 47.3 Å². The van der Waals surface area contributed by atoms with Crippen LogP contribution in [0.15, 0.2) is 16.8 Å². The Hall–Kier alpha value is -2.12. The van der Waals surface area contributed by atoms with E-state index in [9.17, 15) is 4.79 Å². The molecule has 0 radical (unpaired) electrons. The van der Waals surface area contributed by atoms with Crippen molar-refractivity contribution in [2.45, 2.75) is 26.8 Å². The molecule has 1 saturated heterocycles. The van der Waals surface area contributed by atoms with Crippen LogP contribution >= 0.6 is 11.6 Å². The van der Waals surface area contributed by atoms with Crippen molar-refractivity contribution in [1.82, 2.24) is 15.0 Å². The summed E-state index contributed by atoms with van der Waals surface area (Å²) in [5.74, 6) is 1.20. The second kappa shape index (κ2) is 7.41. The third kappa shape index (κ3) is 3.77. The van der Waals surface area contributed by atoms with Crippen molar-refractivity contribution in [3.8, 4) is 0 Å². The average Bonchev–Trinajstić information content (AvgIpc) is 2.95. The van der Waals surface area contributed by atoms with E-state index in [4.69, 9.17) is 20.9 Å². The average molecular weight is 365 g/mol. The van der Waals surface area contributed by atoms with Crippen LogP contribution in [0.1, 0.15) is 40.3 Å². The van der Waals surface area contributed by atoms with E-state index in [0.717, 1.165) is 17.0 Å². The minimum Gasteiger partial charge on any atom is -0.378 e. The number of carbonyl (C=O) groups is 1. The molecule has 1 aliphatic heterocycles. The predicted octanol–water partition coefficient (Wildman–Crippen LogP) is 2.99. The third-order valence-electron chi connectivity index (χ3n) is 4.26. The molecular formula is C17H21ClN4O3. The van der Waals surface area contributed by atoms with Crippen molar-refractivity contribution in [2.75, 3.05) is 31.6 Å². The summed E-state index contributed by atoms with van der Waals surface area (Å²) in [6.45, 7) is 8.02. The van der Waals surface area contributed by atoms with Gasteiger partial charge in [-0.2, -0.15) is 0 Å². The predicted molar refractivity (Wildman–Crippen MR) is 94.0 cm³/mol. The van der Waals surface area contributed by atoms with Gasteiger partial charge in [-0.15, -0.1) is 0 Å². The molecule has 1 amide bonds. The van der Waals surface area contributed by atoms with E-state index in [1.165, 1.54) is 0 Å². The lowest BCUT2D eigenvalue weighted by molar-refractivity contribution is 0.0302. The van der Waals surface area contributed by atoms with E-state index in [0.29, 0.717) is 42.7 Å². The summed E-state index contributed by atoms with van der Waals surface area (Å²) in [5.41, 5.74) is 2.28. The van der Waals surface area contributed by atoms with Crippen molar-refractivity contribution in [2.24, 2.45) is 0 Å². The number of halogens is 1. The first-order valence-electron chi connectivity index (χ1n) is 8.19. The minimum absolute atomic E-state index is 0.0722. The van der Waals surface area contributed by atoms with Gasteiger partial charge in [0.15, 0.2) is 0 Å². The van der Waals surface area contributed by atoms with Crippen LogP contribution in [-0.2, 0) is 4.74 Å². The number of pyridine rings is 1. The van der Waals surface area contributed by atoms with Crippen molar-refractivity contribution in [1.29, 1.82) is 0 Å². The van der Waals surface area contributed by atoms with E-state index >= 15 is 0 Å². The van der Waals surface area contributed by atoms with Gasteiger partial charge in [-0.1, -0.05) is 16.8 Å². The highest BCUT2D eigenvalue weighted by Crippen LogP contribution is 2.28. The molecular weight excluding hydrogens is 344 g/mol. The van der Waals surface area contributed by atoms with Crippen molar-refractivity contribution in [3.63, 3.8) is 0 Å². The standard InChI is InChI=1S/C17H21ClN4O3/c1-10(15-11(2)21-25-12(15)3)20-16-14(18)8-13(9-19-16)17(23)22-4-6-24-7-5-22/h8-10H,4-7H2,1-3H3,(H,19,20). The highest BCUT2D eigenvalue weighted by molar-refractivity contribution is 6.33. The Morgan fingerprint density at radius 2 is 2.08 bits per heavy atom. The molecule has 0 spiro atoms. The highest BCUT2D eigenvalue weighted by atomic mass is 35.5. The second-order valence-electron chi connectivity index (χ2n) is 6.06. The lowest BCUT2D eigenvalue weighted by Gasteiger charge is -2.27. The van der Waals surface area contributed by atoms with Crippen LogP contribution in [0.25, 0.3) is 0 Å². The smallest absolute Gasteiger partial charge is 0.255 e. The summed E-state index contributed by atoms with van der Waals surface area (Å²) >= 11 is 6.34. The van der Waals surface area contributed by atoms with E-state index in [1.807, 2.05) is 20.8 Å². The van der Waals surface area contributed by atoms with Gasteiger partial charge in [0.1, 0.15) is 11.6 Å². The number of aromatic nitrogens is 2. The van der Waals surface area contributed by atoms with Gasteiger partial charge < -0.3 is 19.5 Å². The van der Waals surface area contributed by atoms with E-state index in [1.54, 1.807) is 17.2 Å². The number of carbonyl (C=O) groups excluding carboxylic acids is 1. The Bertz CT molecular complexity index is 752. The van der Waals surface area contributed by atoms with Gasteiger partial charge in [0.05, 0.1) is 35.5 Å². The van der Waals surface area contributed by atoms with Crippen LogP contribution in [0.2, 0.25) is 5.02 Å². The van der Waals surface area contributed by atoms with Gasteiger partial charge in [0, 0.05) is 24.8 Å². The Labute approximate surface area is 151 Å². The molecule has 1 unspecified atom stereocenters. The topological polar surface area (TPSA) is 80.5 Å². The summed E-state index contributed by atoms with van der Waals surface area (Å²) < 4.78 is 10.5. The summed E-state index contributed by atoms with van der Waals surface area (Å²) in [4.78, 5) is 18.6. The Kier molecular flexibility index (Phi) is 5.24. The quantitative estimate of drug-likeness (QED) is 0.898. The van der Waals surface area contributed by atoms with Gasteiger partial charge in [-0.05, 0) is 26.8 Å². The van der Waals surface area contributed by atoms with E-state index in [-0.39, 0.29) is 11.9 Å². The lowest BCUT2D eigenvalue weighted by Crippen LogP contribution is -2.40. The SMILES string of the molecule is Cc1noc(C)c1C(C)Nc1ncc(C(=O)N2CCOCC2)cc1Cl. The fourth-order valence-electron chi connectivity index (χ4n) is 3.00. The van der Waals surface area contributed by atoms with Gasteiger partial charge in [0.25, 0.3) is 5.91 Å². The first-order chi connectivity index (χ1) is 12.0. The molecule has 3 rings (SSSR count). The van der Waals surface area contributed by atoms with Crippen LogP contribution in [0.5, 0.6) is 0 Å². The maximum absolute atomic E-state index is 12.5. The van der Waals surface area contributed by atoms with Crippen LogP contribution in [0, 0.1) is 13.8 Å². The fraction of sp³-hybridized carbons (Fsp3) is 0.471. The van der Waals surface area contributed by atoms with Crippen LogP contribution in [0.3, 0.4) is 0 Å². The number of rotatable bonds is 4. The molecule has 1 N–H and O–H groups in total. The largest absolute Gasteiger partial charge is 0.378 e. The summed E-state index contributed by atoms with van der Waals surface area (Å²) in [6, 6.07) is 1.58. The minimum atomic E-state index is -0.0805. The number of anilines is 1. The number of hydrogen-bond acceptors (Lipinski definition) is 6. The zero-order valence-electron chi connectivity index (χ0n) is 14.5. The number of nitrogens with zero attached hydrogens (tertiary/aromatic N) is 3. The zero-order valence-corrected chi connectivity index (χ0v) is 15.3. The number of aryl methyl sites for hydroxylation is 2. The number of amides is 1. The van der Waals surface area contributed by atoms with E-state index in [2.05, 4.69) is 15.5 Å². The molecule has 0 aliphatic carbocycles. The Balaban J connectivity index is 1.74. The van der Waals surface area contributed by atoms with Crippen molar-refractivity contribution in [3.05, 3.63) is 39.9 Å². The molecule has 0 aromatic carbocycles. The van der Waals surface area contributed by atoms with Crippen LogP contribution in [0.4, 0.5) is 5.82 Å². The number of hydrogen-bond donors (Lipinski definition) is 1. The molecule has 1 atom stereocenters. The highest BCUT2D eigenvalue weighted by Gasteiger charge is 2.21. The fourth-order valence-corrected chi connectivity index (χ4v) is 3.22. The van der Waals surface area contributed by atoms with Crippen LogP contribution < -0.4 is 5.32 Å². The monoisotopic (exact) mass is 364 g/mol. The molecule has 25 heavy (non-hydrogen) atoms. The van der Waals surface area contributed by atoms with Gasteiger partial charge in [0.2, 0.25) is 0 Å². The normalized spacial score (nSPS) is 15.9. The summed E-state index contributed by atoms with van der Waals surface area (Å²) in [6.07, 6.45) is 1.55. The maximum Gasteiger partial charge on any atom is 0.255 e. The van der Waals surface area contributed by atoms with Gasteiger partial charge in [-0.25, -0.2) is 4.98 Å². The zero-order chi connectivity index (χ0) is 18.0. The first-order valence-corrected chi connectivity index (χ1v) is 8.57. The molecule has 2 aromatic rings. The molecule has 8 heteroatoms. The third-order valence-corrected chi connectivity index (χ3v) is 4.55. The second-order valence-corrected chi connectivity index (χ2v) is 6.47. The van der Waals surface area contributed by atoms with Gasteiger partial charge in [-0.3, -0.25) is 4.79 Å². The number of morpholine rings is 1. The molecule has 1 fully saturated rings. The molecule has 7 nitrogen and oxygen atoms in total. The summed E-state index contributed by atoms with van der Waals surface area (Å²) in [5, 5.41) is 7.61. The van der Waals surface area contributed by atoms with E-state index < -0.39 is 0 Å². The maximum atomic E-state index is 12.5. The summed E-state index contributed by atoms with van der Waals surface area (Å²) in [7, 11) is 0. The molecule has 3 heterocycles. The Morgan fingerprint density at radius 3 is 2.68 bits per heavy atom. The Morgan fingerprint density at radius 1 is 1.36 bits per heavy atom. The first kappa shape index (κ1) is 17.7. The van der Waals surface area contributed by atoms with Crippen molar-refractivity contribution < 1.29 is 14.1 Å².